The highest BCUT2D eigenvalue weighted by Gasteiger charge is 2.36. The van der Waals surface area contributed by atoms with Gasteiger partial charge in [0, 0.05) is 0 Å². The molecule has 1 saturated heterocycles. The average molecular weight is 290 g/mol. The molecule has 4 nitrogen and oxygen atoms in total. The molecule has 1 aliphatic rings. The molecule has 0 unspecified atom stereocenters. The minimum Gasteiger partial charge on any atom is -0.556 e. The van der Waals surface area contributed by atoms with Crippen LogP contribution in [0.15, 0.2) is 0 Å². The summed E-state index contributed by atoms with van der Waals surface area (Å²) in [4.78, 5) is 0. The molecular weight excluding hydrogens is 269 g/mol. The molecule has 0 bridgehead atoms. The van der Waals surface area contributed by atoms with Crippen LogP contribution >= 0.6 is 0 Å². The van der Waals surface area contributed by atoms with E-state index in [1.54, 1.807) is 0 Å². The van der Waals surface area contributed by atoms with Crippen LogP contribution in [-0.4, -0.2) is 45.1 Å². The first-order chi connectivity index (χ1) is 8.02. The predicted molar refractivity (Wildman–Crippen MR) is 64.2 cm³/mol. The highest BCUT2D eigenvalue weighted by Crippen LogP contribution is 2.23. The number of nitrogens with zero attached hydrogens (tertiary/aromatic N) is 1. The Morgan fingerprint density at radius 1 is 1.17 bits per heavy atom. The maximum absolute atomic E-state index is 10.8. The van der Waals surface area contributed by atoms with Gasteiger partial charge < -0.3 is 9.62 Å². The van der Waals surface area contributed by atoms with Crippen molar-refractivity contribution in [3.05, 3.63) is 5.14 Å². The second-order valence-corrected chi connectivity index (χ2v) is 6.27. The van der Waals surface area contributed by atoms with E-state index in [9.17, 15) is 21.6 Å². The van der Waals surface area contributed by atoms with Gasteiger partial charge >= 0.3 is 5.51 Å². The number of alkyl halides is 3. The molecule has 1 aliphatic heterocycles. The van der Waals surface area contributed by atoms with Crippen molar-refractivity contribution < 1.29 is 26.1 Å². The van der Waals surface area contributed by atoms with Gasteiger partial charge in [-0.3, -0.25) is 0 Å². The Kier molecular flexibility index (Phi) is 6.59. The summed E-state index contributed by atoms with van der Waals surface area (Å²) in [5.74, 6) is 0. The Labute approximate surface area is 107 Å². The van der Waals surface area contributed by atoms with Gasteiger partial charge in [0.15, 0.2) is 10.0 Å². The molecule has 0 atom stereocenters. The fourth-order valence-electron chi connectivity index (χ4n) is 2.04. The zero-order valence-corrected chi connectivity index (χ0v) is 11.6. The lowest BCUT2D eigenvalue weighted by atomic mass is 10.1. The normalized spacial score (nSPS) is 19.9. The molecule has 110 valence electrons. The number of sulfonamides is 1. The molecule has 0 aromatic rings. The molecule has 0 aliphatic carbocycles. The van der Waals surface area contributed by atoms with Crippen molar-refractivity contribution in [2.24, 2.45) is 0 Å². The molecule has 0 radical (unpaired) electrons. The van der Waals surface area contributed by atoms with E-state index in [1.807, 2.05) is 0 Å². The summed E-state index contributed by atoms with van der Waals surface area (Å²) in [5.41, 5.74) is -5.42. The van der Waals surface area contributed by atoms with Gasteiger partial charge in [-0.1, -0.05) is 6.92 Å². The number of halogens is 3. The van der Waals surface area contributed by atoms with Gasteiger partial charge in [-0.05, 0) is 25.7 Å². The van der Waals surface area contributed by atoms with Crippen LogP contribution in [0.25, 0.3) is 5.14 Å². The molecule has 8 heteroatoms. The van der Waals surface area contributed by atoms with Crippen LogP contribution in [0.5, 0.6) is 0 Å². The summed E-state index contributed by atoms with van der Waals surface area (Å²) in [6, 6.07) is 0. The molecule has 0 amide bonds. The second kappa shape index (κ2) is 6.72. The highest BCUT2D eigenvalue weighted by atomic mass is 32.2. The molecule has 1 heterocycles. The third kappa shape index (κ3) is 6.55. The van der Waals surface area contributed by atoms with Crippen LogP contribution in [0.2, 0.25) is 0 Å². The molecule has 0 spiro atoms. The summed E-state index contributed by atoms with van der Waals surface area (Å²) in [6.07, 6.45) is 5.72. The smallest absolute Gasteiger partial charge is 0.479 e. The summed E-state index contributed by atoms with van der Waals surface area (Å²) in [6.45, 7) is 6.53. The largest absolute Gasteiger partial charge is 0.556 e. The lowest BCUT2D eigenvalue weighted by Crippen LogP contribution is -2.48. The van der Waals surface area contributed by atoms with Crippen LogP contribution in [0, 0.1) is 0 Å². The van der Waals surface area contributed by atoms with E-state index in [4.69, 9.17) is 5.14 Å². The fraction of sp³-hybridized carbons (Fsp3) is 1.00. The zero-order valence-electron chi connectivity index (χ0n) is 10.8. The molecule has 1 fully saturated rings. The van der Waals surface area contributed by atoms with Crippen LogP contribution in [0.4, 0.5) is 13.2 Å². The number of likely N-dealkylation sites (tertiary alicyclic amines) is 1. The molecule has 0 saturated carbocycles. The van der Waals surface area contributed by atoms with E-state index in [2.05, 4.69) is 14.0 Å². The Hall–Kier alpha value is -0.340. The summed E-state index contributed by atoms with van der Waals surface area (Å²) < 4.78 is 52.1. The third-order valence-electron chi connectivity index (χ3n) is 2.96. The van der Waals surface area contributed by atoms with Gasteiger partial charge in [0.2, 0.25) is 0 Å². The lowest BCUT2D eigenvalue weighted by molar-refractivity contribution is -0.914. The highest BCUT2D eigenvalue weighted by molar-refractivity contribution is 7.93. The Balaban J connectivity index is 0.000000331. The van der Waals surface area contributed by atoms with Crippen molar-refractivity contribution in [2.75, 3.05) is 26.7 Å². The average Bonchev–Trinajstić information content (AvgIpc) is 2.16. The SMILES string of the molecule is CCC[N+]1(C)CCCCC1.[NH-]S(=O)(=O)C(F)(F)F. The molecule has 18 heavy (non-hydrogen) atoms. The second-order valence-electron chi connectivity index (χ2n) is 4.80. The van der Waals surface area contributed by atoms with Crippen LogP contribution in [0.1, 0.15) is 32.6 Å². The Morgan fingerprint density at radius 3 is 1.83 bits per heavy atom. The number of hydrogen-bond acceptors (Lipinski definition) is 2. The van der Waals surface area contributed by atoms with E-state index < -0.39 is 15.5 Å². The number of piperidine rings is 1. The predicted octanol–water partition coefficient (Wildman–Crippen LogP) is 2.92. The number of hydrogen-bond donors (Lipinski definition) is 0. The number of rotatable bonds is 2. The van der Waals surface area contributed by atoms with Gasteiger partial charge in [0.1, 0.15) is 0 Å². The van der Waals surface area contributed by atoms with Crippen LogP contribution < -0.4 is 0 Å². The van der Waals surface area contributed by atoms with Crippen LogP contribution in [0.3, 0.4) is 0 Å². The lowest BCUT2D eigenvalue weighted by Gasteiger charge is -2.37. The molecule has 0 aromatic heterocycles. The van der Waals surface area contributed by atoms with Gasteiger partial charge in [-0.15, -0.1) is 0 Å². The van der Waals surface area contributed by atoms with Gasteiger partial charge in [-0.2, -0.15) is 13.2 Å². The van der Waals surface area contributed by atoms with E-state index in [0.29, 0.717) is 0 Å². The summed E-state index contributed by atoms with van der Waals surface area (Å²) in [5, 5.41) is 5.43. The van der Waals surface area contributed by atoms with Gasteiger partial charge in [0.05, 0.1) is 26.7 Å². The third-order valence-corrected chi connectivity index (χ3v) is 3.57. The monoisotopic (exact) mass is 290 g/mol. The van der Waals surface area contributed by atoms with Crippen molar-refractivity contribution in [3.8, 4) is 0 Å². The maximum Gasteiger partial charge on any atom is 0.479 e. The Bertz CT molecular complexity index is 330. The molecule has 1 rings (SSSR count). The zero-order chi connectivity index (χ0) is 14.4. The van der Waals surface area contributed by atoms with E-state index >= 15 is 0 Å². The summed E-state index contributed by atoms with van der Waals surface area (Å²) in [7, 11) is -3.18. The number of quaternary nitrogens is 1. The van der Waals surface area contributed by atoms with Crippen molar-refractivity contribution in [3.63, 3.8) is 0 Å². The first kappa shape index (κ1) is 17.7. The minimum atomic E-state index is -5.59. The first-order valence-electron chi connectivity index (χ1n) is 5.91. The molecule has 1 N–H and O–H groups in total. The maximum atomic E-state index is 10.8. The van der Waals surface area contributed by atoms with Gasteiger partial charge in [0.25, 0.3) is 0 Å². The van der Waals surface area contributed by atoms with E-state index in [1.165, 1.54) is 49.8 Å². The van der Waals surface area contributed by atoms with Crippen molar-refractivity contribution in [2.45, 2.75) is 38.1 Å². The molecule has 0 aromatic carbocycles. The fourth-order valence-corrected chi connectivity index (χ4v) is 2.04. The topological polar surface area (TPSA) is 57.9 Å². The summed E-state index contributed by atoms with van der Waals surface area (Å²) >= 11 is 0. The molecular formula is C10H21F3N2O2S. The van der Waals surface area contributed by atoms with Crippen molar-refractivity contribution in [1.29, 1.82) is 0 Å². The van der Waals surface area contributed by atoms with Crippen LogP contribution in [-0.2, 0) is 10.0 Å². The minimum absolute atomic E-state index is 1.34. The standard InChI is InChI=1S/C9H20N.CHF3NO2S/c1-3-7-10(2)8-5-4-6-9-10;2-1(3,4)8(5,6)7/h3-9H2,1-2H3;(H-,5,6,7)/q+1;-1. The van der Waals surface area contributed by atoms with E-state index in [-0.39, 0.29) is 0 Å². The van der Waals surface area contributed by atoms with Gasteiger partial charge in [-0.25, -0.2) is 8.42 Å². The Morgan fingerprint density at radius 2 is 1.56 bits per heavy atom. The quantitative estimate of drug-likeness (QED) is 0.734. The van der Waals surface area contributed by atoms with E-state index in [0.717, 1.165) is 0 Å². The first-order valence-corrected chi connectivity index (χ1v) is 7.39. The van der Waals surface area contributed by atoms with Crippen molar-refractivity contribution >= 4 is 10.0 Å². The van der Waals surface area contributed by atoms with Crippen molar-refractivity contribution in [1.82, 2.24) is 0 Å². The number of nitrogens with one attached hydrogen (secondary N) is 1.